The molecule has 0 fully saturated rings. The predicted octanol–water partition coefficient (Wildman–Crippen LogP) is 1.40. The SMILES string of the molecule is C=CC(=O)OC(C)[As](C)C. The van der Waals surface area contributed by atoms with Gasteiger partial charge in [-0.15, -0.1) is 0 Å². The minimum absolute atomic E-state index is 0.123. The van der Waals surface area contributed by atoms with Gasteiger partial charge in [0.2, 0.25) is 0 Å². The van der Waals surface area contributed by atoms with Gasteiger partial charge < -0.3 is 0 Å². The number of hydrogen-bond acceptors (Lipinski definition) is 2. The molecule has 0 aliphatic carbocycles. The van der Waals surface area contributed by atoms with Crippen LogP contribution in [0.5, 0.6) is 0 Å². The molecule has 10 heavy (non-hydrogen) atoms. The summed E-state index contributed by atoms with van der Waals surface area (Å²) >= 11 is -0.885. The van der Waals surface area contributed by atoms with Gasteiger partial charge in [-0.3, -0.25) is 0 Å². The second-order valence-electron chi connectivity index (χ2n) is 2.20. The zero-order valence-electron chi connectivity index (χ0n) is 6.63. The molecular weight excluding hydrogens is 191 g/mol. The average Bonchev–Trinajstić information content (AvgIpc) is 1.87. The van der Waals surface area contributed by atoms with Crippen LogP contribution in [-0.2, 0) is 9.53 Å². The van der Waals surface area contributed by atoms with Crippen LogP contribution < -0.4 is 0 Å². The van der Waals surface area contributed by atoms with Crippen LogP contribution in [0.4, 0.5) is 0 Å². The molecule has 0 heterocycles. The van der Waals surface area contributed by atoms with E-state index in [1.165, 1.54) is 6.08 Å². The van der Waals surface area contributed by atoms with Crippen molar-refractivity contribution >= 4 is 20.6 Å². The van der Waals surface area contributed by atoms with Crippen LogP contribution in [0.25, 0.3) is 0 Å². The standard InChI is InChI=1S/C7H13AsO2/c1-5-7(9)10-6(2)8(3)4/h5-6H,1H2,2-4H3. The van der Waals surface area contributed by atoms with Crippen LogP contribution in [-0.4, -0.2) is 25.5 Å². The van der Waals surface area contributed by atoms with Crippen molar-refractivity contribution in [2.45, 2.75) is 23.2 Å². The van der Waals surface area contributed by atoms with Gasteiger partial charge in [0, 0.05) is 0 Å². The van der Waals surface area contributed by atoms with Crippen LogP contribution in [0.2, 0.25) is 11.4 Å². The first-order valence-electron chi connectivity index (χ1n) is 3.07. The van der Waals surface area contributed by atoms with E-state index in [0.717, 1.165) is 0 Å². The monoisotopic (exact) mass is 204 g/mol. The van der Waals surface area contributed by atoms with Crippen molar-refractivity contribution in [2.75, 3.05) is 0 Å². The zero-order chi connectivity index (χ0) is 8.15. The number of carbonyl (C=O) groups is 1. The van der Waals surface area contributed by atoms with Gasteiger partial charge >= 0.3 is 66.0 Å². The van der Waals surface area contributed by atoms with E-state index in [4.69, 9.17) is 4.74 Å². The molecule has 0 spiro atoms. The molecule has 3 heteroatoms. The van der Waals surface area contributed by atoms with E-state index in [-0.39, 0.29) is 10.9 Å². The number of hydrogen-bond donors (Lipinski definition) is 0. The summed E-state index contributed by atoms with van der Waals surface area (Å²) in [6.07, 6.45) is 1.20. The zero-order valence-corrected chi connectivity index (χ0v) is 8.50. The minimum atomic E-state index is -0.885. The van der Waals surface area contributed by atoms with Gasteiger partial charge in [0.05, 0.1) is 0 Å². The summed E-state index contributed by atoms with van der Waals surface area (Å²) in [6.45, 7) is 5.25. The summed E-state index contributed by atoms with van der Waals surface area (Å²) in [5, 5.41) is 0. The summed E-state index contributed by atoms with van der Waals surface area (Å²) in [7, 11) is 0. The Morgan fingerprint density at radius 2 is 2.20 bits per heavy atom. The van der Waals surface area contributed by atoms with Crippen LogP contribution in [0.1, 0.15) is 6.92 Å². The molecule has 1 unspecified atom stereocenters. The number of esters is 1. The van der Waals surface area contributed by atoms with Gasteiger partial charge in [-0.25, -0.2) is 0 Å². The van der Waals surface area contributed by atoms with Crippen molar-refractivity contribution in [3.05, 3.63) is 12.7 Å². The van der Waals surface area contributed by atoms with E-state index in [1.807, 2.05) is 6.92 Å². The van der Waals surface area contributed by atoms with E-state index >= 15 is 0 Å². The molecule has 0 amide bonds. The molecule has 2 nitrogen and oxygen atoms in total. The van der Waals surface area contributed by atoms with Crippen molar-refractivity contribution in [1.82, 2.24) is 0 Å². The third-order valence-electron chi connectivity index (χ3n) is 1.18. The maximum atomic E-state index is 10.6. The van der Waals surface area contributed by atoms with Crippen molar-refractivity contribution in [1.29, 1.82) is 0 Å². The molecule has 1 atom stereocenters. The predicted molar refractivity (Wildman–Crippen MR) is 43.2 cm³/mol. The van der Waals surface area contributed by atoms with Crippen molar-refractivity contribution < 1.29 is 9.53 Å². The Morgan fingerprint density at radius 3 is 2.50 bits per heavy atom. The third kappa shape index (κ3) is 3.73. The van der Waals surface area contributed by atoms with Crippen molar-refractivity contribution in [2.24, 2.45) is 0 Å². The fourth-order valence-electron chi connectivity index (χ4n) is 0.322. The Morgan fingerprint density at radius 1 is 1.70 bits per heavy atom. The first-order valence-corrected chi connectivity index (χ1v) is 7.91. The van der Waals surface area contributed by atoms with Gasteiger partial charge in [0.1, 0.15) is 0 Å². The van der Waals surface area contributed by atoms with Crippen LogP contribution >= 0.6 is 0 Å². The summed E-state index contributed by atoms with van der Waals surface area (Å²) in [6, 6.07) is 0. The summed E-state index contributed by atoms with van der Waals surface area (Å²) < 4.78 is 4.97. The molecule has 0 aromatic heterocycles. The van der Waals surface area contributed by atoms with E-state index < -0.39 is 14.7 Å². The molecule has 0 rings (SSSR count). The fraction of sp³-hybridized carbons (Fsp3) is 0.571. The first kappa shape index (κ1) is 9.77. The summed E-state index contributed by atoms with van der Waals surface area (Å²) in [4.78, 5) is 10.7. The van der Waals surface area contributed by atoms with Gasteiger partial charge in [0.15, 0.2) is 0 Å². The molecule has 0 aliphatic heterocycles. The molecule has 0 saturated heterocycles. The molecule has 0 N–H and O–H groups in total. The maximum absolute atomic E-state index is 10.6. The van der Waals surface area contributed by atoms with Gasteiger partial charge in [-0.2, -0.15) is 0 Å². The molecule has 0 aromatic rings. The molecule has 0 bridgehead atoms. The average molecular weight is 204 g/mol. The van der Waals surface area contributed by atoms with Crippen LogP contribution in [0.15, 0.2) is 12.7 Å². The number of rotatable bonds is 3. The normalized spacial score (nSPS) is 12.8. The van der Waals surface area contributed by atoms with E-state index in [9.17, 15) is 4.79 Å². The van der Waals surface area contributed by atoms with Crippen LogP contribution in [0.3, 0.4) is 0 Å². The van der Waals surface area contributed by atoms with Gasteiger partial charge in [-0.05, 0) is 0 Å². The Bertz CT molecular complexity index is 132. The Labute approximate surface area is 66.5 Å². The quantitative estimate of drug-likeness (QED) is 0.394. The molecule has 58 valence electrons. The van der Waals surface area contributed by atoms with Gasteiger partial charge in [-0.1, -0.05) is 0 Å². The molecular formula is C7H13AsO2. The van der Waals surface area contributed by atoms with E-state index in [1.54, 1.807) is 0 Å². The number of carbonyl (C=O) groups excluding carboxylic acids is 1. The molecule has 0 saturated carbocycles. The Hall–Kier alpha value is -0.232. The summed E-state index contributed by atoms with van der Waals surface area (Å²) in [5.74, 6) is -0.310. The molecule has 0 aliphatic rings. The fourth-order valence-corrected chi connectivity index (χ4v) is 0.982. The second-order valence-corrected chi connectivity index (χ2v) is 7.77. The van der Waals surface area contributed by atoms with Crippen LogP contribution in [0, 0.1) is 0 Å². The molecule has 0 aromatic carbocycles. The Kier molecular flexibility index (Phi) is 4.46. The Balaban J connectivity index is 3.67. The summed E-state index contributed by atoms with van der Waals surface area (Å²) in [5.41, 5.74) is 4.29. The third-order valence-corrected chi connectivity index (χ3v) is 4.45. The number of ether oxygens (including phenoxy) is 1. The van der Waals surface area contributed by atoms with Crippen molar-refractivity contribution in [3.8, 4) is 0 Å². The molecule has 0 radical (unpaired) electrons. The van der Waals surface area contributed by atoms with Crippen molar-refractivity contribution in [3.63, 3.8) is 0 Å². The first-order chi connectivity index (χ1) is 4.57. The second kappa shape index (κ2) is 4.56. The topological polar surface area (TPSA) is 26.3 Å². The van der Waals surface area contributed by atoms with E-state index in [0.29, 0.717) is 0 Å². The van der Waals surface area contributed by atoms with Gasteiger partial charge in [0.25, 0.3) is 0 Å². The van der Waals surface area contributed by atoms with E-state index in [2.05, 4.69) is 18.0 Å².